The van der Waals surface area contributed by atoms with Crippen LogP contribution in [0.4, 0.5) is 0 Å². The van der Waals surface area contributed by atoms with Crippen LogP contribution in [0.5, 0.6) is 0 Å². The van der Waals surface area contributed by atoms with Gasteiger partial charge in [0.25, 0.3) is 0 Å². The third kappa shape index (κ3) is 45.1. The van der Waals surface area contributed by atoms with Crippen LogP contribution in [0.1, 0.15) is 48.5 Å². The predicted molar refractivity (Wildman–Crippen MR) is 93.1 cm³/mol. The molecule has 0 aliphatic rings. The zero-order valence-electron chi connectivity index (χ0n) is 15.0. The SMILES string of the molecule is CC(C)(C)[N]=[Nb].CC[N-]CC.CC[N-]CC.c1cc[cH-]c1. The van der Waals surface area contributed by atoms with E-state index >= 15 is 0 Å². The number of rotatable bonds is 4. The Kier molecular flexibility index (Phi) is 27.1. The third-order valence-electron chi connectivity index (χ3n) is 1.75. The smallest absolute Gasteiger partial charge is 0.0844 e. The van der Waals surface area contributed by atoms with Gasteiger partial charge in [-0.1, -0.05) is 27.7 Å². The summed E-state index contributed by atoms with van der Waals surface area (Å²) in [5.41, 5.74) is 0.189. The third-order valence-corrected chi connectivity index (χ3v) is 3.22. The van der Waals surface area contributed by atoms with Crippen molar-refractivity contribution in [3.8, 4) is 0 Å². The van der Waals surface area contributed by atoms with Gasteiger partial charge in [-0.3, -0.25) is 0 Å². The summed E-state index contributed by atoms with van der Waals surface area (Å²) in [5, 5.41) is 7.94. The van der Waals surface area contributed by atoms with Crippen LogP contribution in [0, 0.1) is 0 Å². The molecule has 0 N–H and O–H groups in total. The van der Waals surface area contributed by atoms with Crippen LogP contribution in [-0.4, -0.2) is 31.7 Å². The maximum atomic E-state index is 4.07. The first-order valence-electron chi connectivity index (χ1n) is 7.68. The molecule has 1 aromatic carbocycles. The second kappa shape index (κ2) is 22.1. The van der Waals surface area contributed by atoms with Gasteiger partial charge < -0.3 is 10.6 Å². The van der Waals surface area contributed by atoms with Gasteiger partial charge in [-0.05, 0) is 0 Å². The fourth-order valence-corrected chi connectivity index (χ4v) is 0.768. The Hall–Kier alpha value is -0.190. The Balaban J connectivity index is -0.000000206. The molecular formula is C17H34N3Nb-3. The van der Waals surface area contributed by atoms with E-state index in [-0.39, 0.29) is 5.54 Å². The summed E-state index contributed by atoms with van der Waals surface area (Å²) in [5.74, 6) is 0. The standard InChI is InChI=1S/C5H5.C4H9N.2C4H10N.Nb/c1-2-4-5-3-1;1-4(2,3)5;2*1-3-5-4-2;/h1-5H;1-3H3;2*3-4H2,1-2H3;/q-1;;2*-1;. The van der Waals surface area contributed by atoms with Crippen LogP contribution in [0.25, 0.3) is 10.6 Å². The topological polar surface area (TPSA) is 40.6 Å². The molecule has 0 bridgehead atoms. The van der Waals surface area contributed by atoms with Crippen molar-refractivity contribution in [2.45, 2.75) is 54.0 Å². The molecule has 0 saturated carbocycles. The first-order valence-corrected chi connectivity index (χ1v) is 8.67. The van der Waals surface area contributed by atoms with Gasteiger partial charge in [0, 0.05) is 0 Å². The van der Waals surface area contributed by atoms with Gasteiger partial charge >= 0.3 is 50.5 Å². The minimum Gasteiger partial charge on any atom is -0.663 e. The molecule has 0 atom stereocenters. The Morgan fingerprint density at radius 2 is 1.14 bits per heavy atom. The van der Waals surface area contributed by atoms with E-state index in [1.54, 1.807) is 0 Å². The minimum absolute atomic E-state index is 0.189. The van der Waals surface area contributed by atoms with E-state index in [0.29, 0.717) is 0 Å². The van der Waals surface area contributed by atoms with E-state index in [1.165, 1.54) is 20.9 Å². The van der Waals surface area contributed by atoms with Gasteiger partial charge in [0.15, 0.2) is 0 Å². The quantitative estimate of drug-likeness (QED) is 0.478. The molecule has 0 heterocycles. The molecule has 0 aliphatic carbocycles. The second-order valence-corrected chi connectivity index (χ2v) is 5.44. The van der Waals surface area contributed by atoms with E-state index < -0.39 is 0 Å². The molecular weight excluding hydrogens is 339 g/mol. The maximum Gasteiger partial charge on any atom is -0.0844 e. The van der Waals surface area contributed by atoms with Crippen LogP contribution < -0.4 is 0 Å². The molecule has 0 aliphatic heterocycles. The molecule has 4 heteroatoms. The van der Waals surface area contributed by atoms with Crippen LogP contribution in [0.2, 0.25) is 0 Å². The number of nitrogens with zero attached hydrogens (tertiary/aromatic N) is 3. The summed E-state index contributed by atoms with van der Waals surface area (Å²) in [6, 6.07) is 10.0. The van der Waals surface area contributed by atoms with Gasteiger partial charge in [-0.25, -0.2) is 12.1 Å². The summed E-state index contributed by atoms with van der Waals surface area (Å²) < 4.78 is 4.07. The number of hydrogen-bond acceptors (Lipinski definition) is 1. The van der Waals surface area contributed by atoms with Crippen molar-refractivity contribution in [3.63, 3.8) is 0 Å². The van der Waals surface area contributed by atoms with Crippen molar-refractivity contribution >= 4 is 0 Å². The van der Waals surface area contributed by atoms with Crippen LogP contribution in [-0.2, 0) is 20.9 Å². The Morgan fingerprint density at radius 3 is 1.19 bits per heavy atom. The average Bonchev–Trinajstić information content (AvgIpc) is 3.00. The monoisotopic (exact) mass is 373 g/mol. The van der Waals surface area contributed by atoms with Gasteiger partial charge in [0.2, 0.25) is 0 Å². The molecule has 0 radical (unpaired) electrons. The van der Waals surface area contributed by atoms with Gasteiger partial charge in [-0.15, -0.1) is 0 Å². The molecule has 0 saturated heterocycles. The Morgan fingerprint density at radius 1 is 0.857 bits per heavy atom. The van der Waals surface area contributed by atoms with E-state index in [0.717, 1.165) is 26.2 Å². The van der Waals surface area contributed by atoms with Crippen LogP contribution in [0.15, 0.2) is 33.7 Å². The Bertz CT molecular complexity index is 226. The summed E-state index contributed by atoms with van der Waals surface area (Å²) >= 11 is 1.52. The molecule has 0 spiro atoms. The largest absolute Gasteiger partial charge is 0.663 e. The molecule has 1 aromatic rings. The molecule has 1 rings (SSSR count). The summed E-state index contributed by atoms with van der Waals surface area (Å²) in [7, 11) is 0. The van der Waals surface area contributed by atoms with Crippen molar-refractivity contribution < 1.29 is 20.9 Å². The molecule has 0 fully saturated rings. The van der Waals surface area contributed by atoms with E-state index in [1.807, 2.05) is 58.0 Å². The van der Waals surface area contributed by atoms with E-state index in [4.69, 9.17) is 0 Å². The molecule has 125 valence electrons. The van der Waals surface area contributed by atoms with Crippen molar-refractivity contribution in [2.75, 3.05) is 26.2 Å². The zero-order valence-corrected chi connectivity index (χ0v) is 17.2. The first-order chi connectivity index (χ1) is 9.89. The van der Waals surface area contributed by atoms with E-state index in [2.05, 4.69) is 34.7 Å². The summed E-state index contributed by atoms with van der Waals surface area (Å²) in [6.07, 6.45) is 0. The maximum absolute atomic E-state index is 4.07. The minimum atomic E-state index is 0.189. The molecule has 0 unspecified atom stereocenters. The van der Waals surface area contributed by atoms with Crippen molar-refractivity contribution in [1.82, 2.24) is 0 Å². The Labute approximate surface area is 145 Å². The van der Waals surface area contributed by atoms with Gasteiger partial charge in [0.05, 0.1) is 0 Å². The average molecular weight is 373 g/mol. The first kappa shape index (κ1) is 25.7. The van der Waals surface area contributed by atoms with Crippen molar-refractivity contribution in [3.05, 3.63) is 41.0 Å². The van der Waals surface area contributed by atoms with Crippen LogP contribution >= 0.6 is 0 Å². The fraction of sp³-hybridized carbons (Fsp3) is 0.706. The summed E-state index contributed by atoms with van der Waals surface area (Å²) in [4.78, 5) is 0. The summed E-state index contributed by atoms with van der Waals surface area (Å²) in [6.45, 7) is 18.3. The molecule has 21 heavy (non-hydrogen) atoms. The van der Waals surface area contributed by atoms with E-state index in [9.17, 15) is 0 Å². The second-order valence-electron chi connectivity index (χ2n) is 4.95. The van der Waals surface area contributed by atoms with Gasteiger partial charge in [-0.2, -0.15) is 44.4 Å². The normalized spacial score (nSPS) is 9.05. The fourth-order valence-electron chi connectivity index (χ4n) is 0.768. The predicted octanol–water partition coefficient (Wildman–Crippen LogP) is 5.72. The number of hydrogen-bond donors (Lipinski definition) is 0. The van der Waals surface area contributed by atoms with Crippen LogP contribution in [0.3, 0.4) is 0 Å². The molecule has 3 nitrogen and oxygen atoms in total. The van der Waals surface area contributed by atoms with Gasteiger partial charge in [0.1, 0.15) is 0 Å². The molecule has 0 amide bonds. The molecule has 0 aromatic heterocycles. The van der Waals surface area contributed by atoms with Crippen molar-refractivity contribution in [2.24, 2.45) is 3.34 Å². The van der Waals surface area contributed by atoms with Crippen molar-refractivity contribution in [1.29, 1.82) is 0 Å². The zero-order chi connectivity index (χ0) is 17.0.